The Hall–Kier alpha value is -1.02. The standard InChI is InChI=1S/C19H31NO/c1-4-15-10-11-17(14-20-5-2)18(12-15)13-16-8-6-7-9-19(16)21-3/h6-9,15,17-18,20H,4-5,10-14H2,1-3H3. The highest BCUT2D eigenvalue weighted by Crippen LogP contribution is 2.38. The van der Waals surface area contributed by atoms with Crippen molar-refractivity contribution in [2.75, 3.05) is 20.2 Å². The van der Waals surface area contributed by atoms with Crippen LogP contribution in [-0.4, -0.2) is 20.2 Å². The molecule has 3 atom stereocenters. The van der Waals surface area contributed by atoms with E-state index in [4.69, 9.17) is 4.74 Å². The predicted octanol–water partition coefficient (Wildman–Crippen LogP) is 4.29. The SMILES string of the molecule is CCNCC1CCC(CC)CC1Cc1ccccc1OC. The molecule has 1 N–H and O–H groups in total. The fraction of sp³-hybridized carbons (Fsp3) is 0.684. The van der Waals surface area contributed by atoms with Crippen LogP contribution in [0.1, 0.15) is 45.1 Å². The normalized spacial score (nSPS) is 25.8. The summed E-state index contributed by atoms with van der Waals surface area (Å²) < 4.78 is 5.54. The summed E-state index contributed by atoms with van der Waals surface area (Å²) in [5.41, 5.74) is 1.38. The molecule has 3 unspecified atom stereocenters. The molecule has 1 aromatic carbocycles. The van der Waals surface area contributed by atoms with Crippen LogP contribution < -0.4 is 10.1 Å². The molecule has 21 heavy (non-hydrogen) atoms. The Morgan fingerprint density at radius 1 is 1.14 bits per heavy atom. The molecule has 1 aromatic rings. The monoisotopic (exact) mass is 289 g/mol. The largest absolute Gasteiger partial charge is 0.496 e. The smallest absolute Gasteiger partial charge is 0.122 e. The zero-order valence-electron chi connectivity index (χ0n) is 13.9. The number of ether oxygens (including phenoxy) is 1. The van der Waals surface area contributed by atoms with Crippen LogP contribution in [0.5, 0.6) is 5.75 Å². The lowest BCUT2D eigenvalue weighted by Crippen LogP contribution is -2.34. The molecule has 0 heterocycles. The van der Waals surface area contributed by atoms with Gasteiger partial charge in [-0.3, -0.25) is 0 Å². The van der Waals surface area contributed by atoms with Crippen molar-refractivity contribution in [2.24, 2.45) is 17.8 Å². The summed E-state index contributed by atoms with van der Waals surface area (Å²) >= 11 is 0. The molecule has 118 valence electrons. The van der Waals surface area contributed by atoms with Gasteiger partial charge in [0, 0.05) is 0 Å². The zero-order chi connectivity index (χ0) is 15.1. The highest BCUT2D eigenvalue weighted by atomic mass is 16.5. The van der Waals surface area contributed by atoms with Gasteiger partial charge >= 0.3 is 0 Å². The first-order valence-corrected chi connectivity index (χ1v) is 8.61. The summed E-state index contributed by atoms with van der Waals surface area (Å²) in [5.74, 6) is 3.58. The van der Waals surface area contributed by atoms with Crippen molar-refractivity contribution in [3.05, 3.63) is 29.8 Å². The van der Waals surface area contributed by atoms with Crippen molar-refractivity contribution in [3.63, 3.8) is 0 Å². The van der Waals surface area contributed by atoms with E-state index in [9.17, 15) is 0 Å². The van der Waals surface area contributed by atoms with E-state index in [2.05, 4.69) is 43.4 Å². The van der Waals surface area contributed by atoms with Gasteiger partial charge in [-0.2, -0.15) is 0 Å². The molecular formula is C19H31NO. The van der Waals surface area contributed by atoms with E-state index < -0.39 is 0 Å². The Morgan fingerprint density at radius 2 is 1.95 bits per heavy atom. The fourth-order valence-electron chi connectivity index (χ4n) is 3.80. The Labute approximate surface area is 130 Å². The molecule has 0 radical (unpaired) electrons. The molecule has 2 heteroatoms. The molecule has 0 amide bonds. The van der Waals surface area contributed by atoms with Crippen LogP contribution in [0.3, 0.4) is 0 Å². The van der Waals surface area contributed by atoms with E-state index in [1.165, 1.54) is 37.8 Å². The second-order valence-corrected chi connectivity index (χ2v) is 6.43. The van der Waals surface area contributed by atoms with E-state index in [-0.39, 0.29) is 0 Å². The Morgan fingerprint density at radius 3 is 2.67 bits per heavy atom. The minimum Gasteiger partial charge on any atom is -0.496 e. The fourth-order valence-corrected chi connectivity index (χ4v) is 3.80. The topological polar surface area (TPSA) is 21.3 Å². The number of benzene rings is 1. The van der Waals surface area contributed by atoms with Gasteiger partial charge < -0.3 is 10.1 Å². The van der Waals surface area contributed by atoms with Crippen LogP contribution in [0, 0.1) is 17.8 Å². The van der Waals surface area contributed by atoms with Gasteiger partial charge in [-0.15, -0.1) is 0 Å². The minimum absolute atomic E-state index is 0.791. The van der Waals surface area contributed by atoms with E-state index in [1.54, 1.807) is 7.11 Å². The molecule has 0 saturated heterocycles. The summed E-state index contributed by atoms with van der Waals surface area (Å²) in [5, 5.41) is 3.56. The zero-order valence-corrected chi connectivity index (χ0v) is 13.9. The van der Waals surface area contributed by atoms with Gasteiger partial charge in [0.05, 0.1) is 7.11 Å². The van der Waals surface area contributed by atoms with E-state index in [0.717, 1.165) is 36.5 Å². The Balaban J connectivity index is 2.07. The van der Waals surface area contributed by atoms with Crippen molar-refractivity contribution in [2.45, 2.75) is 46.0 Å². The van der Waals surface area contributed by atoms with Crippen molar-refractivity contribution in [1.82, 2.24) is 5.32 Å². The van der Waals surface area contributed by atoms with Crippen molar-refractivity contribution >= 4 is 0 Å². The lowest BCUT2D eigenvalue weighted by Gasteiger charge is -2.36. The number of para-hydroxylation sites is 1. The molecule has 1 fully saturated rings. The van der Waals surface area contributed by atoms with E-state index in [0.29, 0.717) is 0 Å². The molecule has 1 saturated carbocycles. The van der Waals surface area contributed by atoms with Crippen LogP contribution >= 0.6 is 0 Å². The highest BCUT2D eigenvalue weighted by Gasteiger charge is 2.30. The molecule has 1 aliphatic rings. The molecular weight excluding hydrogens is 258 g/mol. The molecule has 2 rings (SSSR count). The maximum atomic E-state index is 5.54. The number of hydrogen-bond donors (Lipinski definition) is 1. The molecule has 0 aromatic heterocycles. The summed E-state index contributed by atoms with van der Waals surface area (Å²) in [7, 11) is 1.78. The molecule has 2 nitrogen and oxygen atoms in total. The number of rotatable bonds is 7. The van der Waals surface area contributed by atoms with Gasteiger partial charge in [0.25, 0.3) is 0 Å². The third kappa shape index (κ3) is 4.47. The first-order valence-electron chi connectivity index (χ1n) is 8.61. The van der Waals surface area contributed by atoms with E-state index >= 15 is 0 Å². The first-order chi connectivity index (χ1) is 10.3. The van der Waals surface area contributed by atoms with Gasteiger partial charge in [0.2, 0.25) is 0 Å². The van der Waals surface area contributed by atoms with Crippen LogP contribution in [0.2, 0.25) is 0 Å². The quantitative estimate of drug-likeness (QED) is 0.808. The minimum atomic E-state index is 0.791. The van der Waals surface area contributed by atoms with Crippen molar-refractivity contribution in [3.8, 4) is 5.75 Å². The van der Waals surface area contributed by atoms with Crippen LogP contribution in [0.25, 0.3) is 0 Å². The van der Waals surface area contributed by atoms with Gasteiger partial charge in [-0.05, 0) is 61.7 Å². The van der Waals surface area contributed by atoms with Crippen molar-refractivity contribution < 1.29 is 4.74 Å². The molecule has 0 aliphatic heterocycles. The van der Waals surface area contributed by atoms with Gasteiger partial charge in [0.15, 0.2) is 0 Å². The second kappa shape index (κ2) is 8.43. The lowest BCUT2D eigenvalue weighted by molar-refractivity contribution is 0.171. The second-order valence-electron chi connectivity index (χ2n) is 6.43. The average molecular weight is 289 g/mol. The Bertz CT molecular complexity index is 418. The van der Waals surface area contributed by atoms with Gasteiger partial charge in [-0.25, -0.2) is 0 Å². The Kier molecular flexibility index (Phi) is 6.56. The number of nitrogens with one attached hydrogen (secondary N) is 1. The predicted molar refractivity (Wildman–Crippen MR) is 89.9 cm³/mol. The third-order valence-corrected chi connectivity index (χ3v) is 5.16. The summed E-state index contributed by atoms with van der Waals surface area (Å²) in [6.07, 6.45) is 6.66. The number of methoxy groups -OCH3 is 1. The van der Waals surface area contributed by atoms with Gasteiger partial charge in [0.1, 0.15) is 5.75 Å². The molecule has 0 bridgehead atoms. The average Bonchev–Trinajstić information content (AvgIpc) is 2.54. The van der Waals surface area contributed by atoms with Gasteiger partial charge in [-0.1, -0.05) is 44.9 Å². The molecule has 0 spiro atoms. The summed E-state index contributed by atoms with van der Waals surface area (Å²) in [6.45, 7) is 6.80. The van der Waals surface area contributed by atoms with E-state index in [1.807, 2.05) is 0 Å². The molecule has 1 aliphatic carbocycles. The van der Waals surface area contributed by atoms with Crippen molar-refractivity contribution in [1.29, 1.82) is 0 Å². The third-order valence-electron chi connectivity index (χ3n) is 5.16. The maximum Gasteiger partial charge on any atom is 0.122 e. The van der Waals surface area contributed by atoms with Crippen LogP contribution in [0.4, 0.5) is 0 Å². The number of hydrogen-bond acceptors (Lipinski definition) is 2. The summed E-state index contributed by atoms with van der Waals surface area (Å²) in [4.78, 5) is 0. The maximum absolute atomic E-state index is 5.54. The first kappa shape index (κ1) is 16.4. The highest BCUT2D eigenvalue weighted by molar-refractivity contribution is 5.33. The lowest BCUT2D eigenvalue weighted by atomic mass is 9.71. The summed E-state index contributed by atoms with van der Waals surface area (Å²) in [6, 6.07) is 8.53. The van der Waals surface area contributed by atoms with Crippen LogP contribution in [-0.2, 0) is 6.42 Å². The van der Waals surface area contributed by atoms with Crippen LogP contribution in [0.15, 0.2) is 24.3 Å².